The van der Waals surface area contributed by atoms with Crippen LogP contribution >= 0.6 is 0 Å². The summed E-state index contributed by atoms with van der Waals surface area (Å²) in [5, 5.41) is 12.0. The van der Waals surface area contributed by atoms with Gasteiger partial charge in [0.2, 0.25) is 0 Å². The Labute approximate surface area is 95.5 Å². The summed E-state index contributed by atoms with van der Waals surface area (Å²) in [6, 6.07) is 5.52. The average Bonchev–Trinajstić information content (AvgIpc) is 3.11. The van der Waals surface area contributed by atoms with Gasteiger partial charge in [-0.05, 0) is 36.8 Å². The van der Waals surface area contributed by atoms with Gasteiger partial charge in [-0.1, -0.05) is 6.92 Å². The van der Waals surface area contributed by atoms with Crippen molar-refractivity contribution in [2.24, 2.45) is 11.8 Å². The average molecular weight is 216 g/mol. The van der Waals surface area contributed by atoms with Crippen molar-refractivity contribution in [3.63, 3.8) is 0 Å². The first-order valence-electron chi connectivity index (χ1n) is 5.61. The molecule has 0 radical (unpaired) electrons. The van der Waals surface area contributed by atoms with E-state index >= 15 is 0 Å². The lowest BCUT2D eigenvalue weighted by molar-refractivity contribution is 0.536. The third kappa shape index (κ3) is 2.43. The van der Waals surface area contributed by atoms with Gasteiger partial charge >= 0.3 is 0 Å². The van der Waals surface area contributed by atoms with Crippen molar-refractivity contribution >= 4 is 11.5 Å². The van der Waals surface area contributed by atoms with Crippen molar-refractivity contribution in [1.29, 1.82) is 5.26 Å². The largest absolute Gasteiger partial charge is 0.396 e. The number of aromatic nitrogens is 1. The molecule has 0 aliphatic heterocycles. The second-order valence-electron chi connectivity index (χ2n) is 4.44. The van der Waals surface area contributed by atoms with Gasteiger partial charge in [-0.3, -0.25) is 0 Å². The van der Waals surface area contributed by atoms with Crippen molar-refractivity contribution in [3.05, 3.63) is 17.8 Å². The summed E-state index contributed by atoms with van der Waals surface area (Å²) in [4.78, 5) is 4.15. The van der Waals surface area contributed by atoms with Crippen LogP contribution in [-0.4, -0.2) is 11.5 Å². The topological polar surface area (TPSA) is 74.7 Å². The zero-order valence-corrected chi connectivity index (χ0v) is 9.40. The van der Waals surface area contributed by atoms with Crippen LogP contribution in [0.4, 0.5) is 11.5 Å². The molecule has 1 saturated carbocycles. The SMILES string of the molecule is CC(CNc1ccc(N)c(C#N)n1)C1CC1. The maximum atomic E-state index is 8.80. The Morgan fingerprint density at radius 2 is 2.38 bits per heavy atom. The Bertz CT molecular complexity index is 418. The minimum absolute atomic E-state index is 0.295. The lowest BCUT2D eigenvalue weighted by Gasteiger charge is -2.12. The Hall–Kier alpha value is -1.76. The highest BCUT2D eigenvalue weighted by Gasteiger charge is 2.27. The van der Waals surface area contributed by atoms with Gasteiger partial charge in [0.15, 0.2) is 5.69 Å². The van der Waals surface area contributed by atoms with Gasteiger partial charge in [-0.2, -0.15) is 5.26 Å². The second kappa shape index (κ2) is 4.40. The van der Waals surface area contributed by atoms with E-state index in [1.54, 1.807) is 6.07 Å². The smallest absolute Gasteiger partial charge is 0.165 e. The number of nitrogen functional groups attached to an aromatic ring is 1. The summed E-state index contributed by atoms with van der Waals surface area (Å²) in [6.07, 6.45) is 2.70. The molecule has 4 heteroatoms. The molecule has 0 aromatic carbocycles. The third-order valence-electron chi connectivity index (χ3n) is 3.06. The molecule has 1 atom stereocenters. The van der Waals surface area contributed by atoms with Gasteiger partial charge in [0.25, 0.3) is 0 Å². The molecule has 1 aliphatic carbocycles. The van der Waals surface area contributed by atoms with Crippen molar-refractivity contribution in [2.75, 3.05) is 17.6 Å². The predicted molar refractivity (Wildman–Crippen MR) is 63.7 cm³/mol. The van der Waals surface area contributed by atoms with Crippen LogP contribution in [0.3, 0.4) is 0 Å². The Kier molecular flexibility index (Phi) is 2.95. The highest BCUT2D eigenvalue weighted by molar-refractivity contribution is 5.54. The number of nitrogens with zero attached hydrogens (tertiary/aromatic N) is 2. The van der Waals surface area contributed by atoms with Gasteiger partial charge in [-0.15, -0.1) is 0 Å². The fourth-order valence-corrected chi connectivity index (χ4v) is 1.76. The van der Waals surface area contributed by atoms with Crippen LogP contribution in [0.5, 0.6) is 0 Å². The second-order valence-corrected chi connectivity index (χ2v) is 4.44. The van der Waals surface area contributed by atoms with Crippen LogP contribution in [0.15, 0.2) is 12.1 Å². The molecule has 0 amide bonds. The summed E-state index contributed by atoms with van der Waals surface area (Å²) in [6.45, 7) is 3.15. The molecule has 0 saturated heterocycles. The van der Waals surface area contributed by atoms with E-state index in [2.05, 4.69) is 17.2 Å². The van der Waals surface area contributed by atoms with E-state index in [-0.39, 0.29) is 0 Å². The summed E-state index contributed by atoms with van der Waals surface area (Å²) >= 11 is 0. The van der Waals surface area contributed by atoms with Crippen molar-refractivity contribution < 1.29 is 0 Å². The van der Waals surface area contributed by atoms with Crippen LogP contribution in [0.25, 0.3) is 0 Å². The molecule has 84 valence electrons. The Balaban J connectivity index is 1.96. The molecule has 1 aromatic rings. The van der Waals surface area contributed by atoms with Crippen molar-refractivity contribution in [2.45, 2.75) is 19.8 Å². The number of hydrogen-bond acceptors (Lipinski definition) is 4. The highest BCUT2D eigenvalue weighted by atomic mass is 15.0. The molecule has 3 N–H and O–H groups in total. The zero-order chi connectivity index (χ0) is 11.5. The predicted octanol–water partition coefficient (Wildman–Crippen LogP) is 1.99. The molecule has 2 rings (SSSR count). The third-order valence-corrected chi connectivity index (χ3v) is 3.06. The molecular formula is C12H16N4. The van der Waals surface area contributed by atoms with E-state index < -0.39 is 0 Å². The first-order chi connectivity index (χ1) is 7.70. The molecule has 1 aromatic heterocycles. The maximum absolute atomic E-state index is 8.80. The van der Waals surface area contributed by atoms with E-state index in [9.17, 15) is 0 Å². The molecule has 16 heavy (non-hydrogen) atoms. The number of nitrogens with one attached hydrogen (secondary N) is 1. The standard InChI is InChI=1S/C12H16N4/c1-8(9-2-3-9)7-15-12-5-4-10(14)11(6-13)16-12/h4-5,8-9H,2-3,7,14H2,1H3,(H,15,16). The van der Waals surface area contributed by atoms with Gasteiger partial charge < -0.3 is 11.1 Å². The number of rotatable bonds is 4. The lowest BCUT2D eigenvalue weighted by Crippen LogP contribution is -2.14. The van der Waals surface area contributed by atoms with Crippen LogP contribution in [0.1, 0.15) is 25.5 Å². The summed E-state index contributed by atoms with van der Waals surface area (Å²) in [5.41, 5.74) is 6.33. The van der Waals surface area contributed by atoms with E-state index in [1.807, 2.05) is 12.1 Å². The lowest BCUT2D eigenvalue weighted by atomic mass is 10.1. The Morgan fingerprint density at radius 3 is 3.00 bits per heavy atom. The van der Waals surface area contributed by atoms with Gasteiger partial charge in [0.05, 0.1) is 5.69 Å². The fraction of sp³-hybridized carbons (Fsp3) is 0.500. The van der Waals surface area contributed by atoms with Crippen LogP contribution in [-0.2, 0) is 0 Å². The van der Waals surface area contributed by atoms with E-state index in [0.29, 0.717) is 17.3 Å². The van der Waals surface area contributed by atoms with E-state index in [0.717, 1.165) is 18.3 Å². The van der Waals surface area contributed by atoms with Crippen molar-refractivity contribution in [3.8, 4) is 6.07 Å². The Morgan fingerprint density at radius 1 is 1.62 bits per heavy atom. The van der Waals surface area contributed by atoms with Crippen LogP contribution in [0.2, 0.25) is 0 Å². The molecule has 1 fully saturated rings. The van der Waals surface area contributed by atoms with E-state index in [4.69, 9.17) is 11.0 Å². The minimum atomic E-state index is 0.295. The number of nitrogens with two attached hydrogens (primary N) is 1. The molecule has 1 aliphatic rings. The first-order valence-corrected chi connectivity index (χ1v) is 5.61. The van der Waals surface area contributed by atoms with Gasteiger partial charge in [0, 0.05) is 6.54 Å². The maximum Gasteiger partial charge on any atom is 0.165 e. The summed E-state index contributed by atoms with van der Waals surface area (Å²) < 4.78 is 0. The van der Waals surface area contributed by atoms with Crippen LogP contribution in [0, 0.1) is 23.2 Å². The summed E-state index contributed by atoms with van der Waals surface area (Å²) in [7, 11) is 0. The van der Waals surface area contributed by atoms with Crippen LogP contribution < -0.4 is 11.1 Å². The van der Waals surface area contributed by atoms with Gasteiger partial charge in [0.1, 0.15) is 11.9 Å². The zero-order valence-electron chi connectivity index (χ0n) is 9.40. The highest BCUT2D eigenvalue weighted by Crippen LogP contribution is 2.36. The molecule has 4 nitrogen and oxygen atoms in total. The minimum Gasteiger partial charge on any atom is -0.396 e. The molecule has 1 unspecified atom stereocenters. The normalized spacial score (nSPS) is 16.5. The fourth-order valence-electron chi connectivity index (χ4n) is 1.76. The molecule has 1 heterocycles. The van der Waals surface area contributed by atoms with E-state index in [1.165, 1.54) is 12.8 Å². The number of pyridine rings is 1. The number of anilines is 2. The molecule has 0 bridgehead atoms. The van der Waals surface area contributed by atoms with Crippen molar-refractivity contribution in [1.82, 2.24) is 4.98 Å². The number of nitriles is 1. The quantitative estimate of drug-likeness (QED) is 0.807. The molecular weight excluding hydrogens is 200 g/mol. The first kappa shape index (κ1) is 10.7. The van der Waals surface area contributed by atoms with Gasteiger partial charge in [-0.25, -0.2) is 4.98 Å². The number of hydrogen-bond donors (Lipinski definition) is 2. The summed E-state index contributed by atoms with van der Waals surface area (Å²) in [5.74, 6) is 2.28. The monoisotopic (exact) mass is 216 g/mol. The molecule has 0 spiro atoms.